The summed E-state index contributed by atoms with van der Waals surface area (Å²) in [5.41, 5.74) is 6.71. The van der Waals surface area contributed by atoms with Gasteiger partial charge in [0.15, 0.2) is 0 Å². The van der Waals surface area contributed by atoms with E-state index in [1.165, 1.54) is 0 Å². The fraction of sp³-hybridized carbons (Fsp3) is 0.200. The van der Waals surface area contributed by atoms with Crippen molar-refractivity contribution in [3.63, 3.8) is 0 Å². The molecule has 3 rings (SSSR count). The average molecular weight is 370 g/mol. The Kier molecular flexibility index (Phi) is 7.14. The minimum absolute atomic E-state index is 0.123. The quantitative estimate of drug-likeness (QED) is 0.411. The average Bonchev–Trinajstić information content (AvgIpc) is 2.76. The summed E-state index contributed by atoms with van der Waals surface area (Å²) in [6.45, 7) is 2.15. The van der Waals surface area contributed by atoms with E-state index in [-0.39, 0.29) is 5.91 Å². The highest BCUT2D eigenvalue weighted by Crippen LogP contribution is 2.24. The van der Waals surface area contributed by atoms with Crippen molar-refractivity contribution in [3.8, 4) is 0 Å². The molecule has 0 aliphatic carbocycles. The molecule has 142 valence electrons. The van der Waals surface area contributed by atoms with Gasteiger partial charge in [0, 0.05) is 0 Å². The van der Waals surface area contributed by atoms with Crippen molar-refractivity contribution in [2.24, 2.45) is 5.10 Å². The Morgan fingerprint density at radius 3 is 1.82 bits per heavy atom. The molecule has 0 radical (unpaired) electrons. The molecule has 28 heavy (non-hydrogen) atoms. The van der Waals surface area contributed by atoms with Gasteiger partial charge in [-0.2, -0.15) is 5.10 Å². The first-order chi connectivity index (χ1) is 13.8. The number of nitrogens with zero attached hydrogens (tertiary/aromatic N) is 1. The number of hydrazone groups is 1. The maximum absolute atomic E-state index is 13.1. The Hall–Kier alpha value is -3.20. The van der Waals surface area contributed by atoms with Crippen molar-refractivity contribution in [1.82, 2.24) is 5.43 Å². The molecule has 0 aromatic heterocycles. The van der Waals surface area contributed by atoms with Crippen LogP contribution in [0.15, 0.2) is 96.1 Å². The first-order valence-electron chi connectivity index (χ1n) is 9.81. The number of nitrogens with one attached hydrogen (secondary N) is 1. The molecule has 0 spiro atoms. The van der Waals surface area contributed by atoms with Crippen molar-refractivity contribution in [2.75, 3.05) is 0 Å². The minimum atomic E-state index is -0.394. The summed E-state index contributed by atoms with van der Waals surface area (Å²) < 4.78 is 0. The highest BCUT2D eigenvalue weighted by molar-refractivity contribution is 6.01. The van der Waals surface area contributed by atoms with E-state index in [0.717, 1.165) is 41.7 Å². The molecule has 0 heterocycles. The van der Waals surface area contributed by atoms with Gasteiger partial charge in [-0.25, -0.2) is 5.43 Å². The van der Waals surface area contributed by atoms with Crippen molar-refractivity contribution >= 4 is 11.6 Å². The summed E-state index contributed by atoms with van der Waals surface area (Å²) >= 11 is 0. The summed E-state index contributed by atoms with van der Waals surface area (Å²) in [6.07, 6.45) is 2.95. The van der Waals surface area contributed by atoms with E-state index in [9.17, 15) is 4.79 Å². The smallest absolute Gasteiger partial charge is 0.252 e. The molecular weight excluding hydrogens is 344 g/mol. The van der Waals surface area contributed by atoms with Gasteiger partial charge in [-0.05, 0) is 29.5 Å². The monoisotopic (exact) mass is 370 g/mol. The molecule has 0 unspecified atom stereocenters. The second-order valence-electron chi connectivity index (χ2n) is 6.76. The number of hydrogen-bond acceptors (Lipinski definition) is 2. The summed E-state index contributed by atoms with van der Waals surface area (Å²) in [6, 6.07) is 29.7. The normalized spacial score (nSPS) is 11.4. The minimum Gasteiger partial charge on any atom is -0.272 e. The summed E-state index contributed by atoms with van der Waals surface area (Å²) in [7, 11) is 0. The molecule has 3 nitrogen and oxygen atoms in total. The third-order valence-electron chi connectivity index (χ3n) is 4.70. The molecule has 0 aliphatic rings. The molecule has 0 aliphatic heterocycles. The number of hydrogen-bond donors (Lipinski definition) is 1. The lowest BCUT2D eigenvalue weighted by Crippen LogP contribution is -2.27. The Labute approximate surface area is 167 Å². The lowest BCUT2D eigenvalue weighted by molar-refractivity contribution is -0.121. The molecule has 3 aromatic carbocycles. The maximum atomic E-state index is 13.1. The van der Waals surface area contributed by atoms with Crippen LogP contribution >= 0.6 is 0 Å². The number of amides is 1. The molecule has 0 saturated carbocycles. The largest absolute Gasteiger partial charge is 0.272 e. The van der Waals surface area contributed by atoms with Crippen LogP contribution in [0.3, 0.4) is 0 Å². The molecule has 0 bridgehead atoms. The van der Waals surface area contributed by atoms with Crippen LogP contribution in [0, 0.1) is 0 Å². The first-order valence-corrected chi connectivity index (χ1v) is 9.81. The molecule has 1 amide bonds. The van der Waals surface area contributed by atoms with E-state index in [0.29, 0.717) is 0 Å². The highest BCUT2D eigenvalue weighted by Gasteiger charge is 2.22. The van der Waals surface area contributed by atoms with Gasteiger partial charge in [-0.1, -0.05) is 104 Å². The molecular formula is C25H26N2O. The van der Waals surface area contributed by atoms with E-state index < -0.39 is 5.92 Å². The van der Waals surface area contributed by atoms with Crippen molar-refractivity contribution in [1.29, 1.82) is 0 Å². The molecule has 0 saturated heterocycles. The number of unbranched alkanes of at least 4 members (excludes halogenated alkanes) is 1. The van der Waals surface area contributed by atoms with Crippen LogP contribution in [-0.4, -0.2) is 11.6 Å². The Morgan fingerprint density at radius 2 is 1.32 bits per heavy atom. The zero-order valence-electron chi connectivity index (χ0n) is 16.2. The van der Waals surface area contributed by atoms with Crippen LogP contribution in [0.5, 0.6) is 0 Å². The van der Waals surface area contributed by atoms with E-state index in [4.69, 9.17) is 0 Å². The van der Waals surface area contributed by atoms with E-state index in [1.54, 1.807) is 0 Å². The van der Waals surface area contributed by atoms with Crippen LogP contribution in [0.25, 0.3) is 0 Å². The van der Waals surface area contributed by atoms with E-state index in [2.05, 4.69) is 17.5 Å². The number of carbonyl (C=O) groups excluding carboxylic acids is 1. The lowest BCUT2D eigenvalue weighted by Gasteiger charge is -2.17. The zero-order valence-corrected chi connectivity index (χ0v) is 16.2. The maximum Gasteiger partial charge on any atom is 0.252 e. The number of benzene rings is 3. The van der Waals surface area contributed by atoms with Gasteiger partial charge in [0.05, 0.1) is 11.6 Å². The topological polar surface area (TPSA) is 41.5 Å². The van der Waals surface area contributed by atoms with Gasteiger partial charge < -0.3 is 0 Å². The molecule has 1 N–H and O–H groups in total. The van der Waals surface area contributed by atoms with Gasteiger partial charge >= 0.3 is 0 Å². The Balaban J connectivity index is 1.87. The first kappa shape index (κ1) is 19.6. The molecule has 3 aromatic rings. The second kappa shape index (κ2) is 10.2. The lowest BCUT2D eigenvalue weighted by atomic mass is 9.91. The van der Waals surface area contributed by atoms with Gasteiger partial charge in [0.2, 0.25) is 0 Å². The summed E-state index contributed by atoms with van der Waals surface area (Å²) in [4.78, 5) is 13.1. The Bertz CT molecular complexity index is 850. The van der Waals surface area contributed by atoms with Gasteiger partial charge in [-0.3, -0.25) is 4.79 Å². The summed E-state index contributed by atoms with van der Waals surface area (Å²) in [5, 5.41) is 4.52. The van der Waals surface area contributed by atoms with Crippen molar-refractivity contribution < 1.29 is 4.79 Å². The number of carbonyl (C=O) groups is 1. The fourth-order valence-electron chi connectivity index (χ4n) is 3.21. The molecule has 3 heteroatoms. The fourth-order valence-corrected chi connectivity index (χ4v) is 3.21. The standard InChI is InChI=1S/C25H26N2O/c1-2-3-19-23(20-13-7-4-8-14-20)26-27-25(28)24(21-15-9-5-10-16-21)22-17-11-6-12-18-22/h4-18,24H,2-3,19H2,1H3,(H,27,28). The van der Waals surface area contributed by atoms with E-state index >= 15 is 0 Å². The van der Waals surface area contributed by atoms with Crippen molar-refractivity contribution in [3.05, 3.63) is 108 Å². The van der Waals surface area contributed by atoms with Gasteiger partial charge in [-0.15, -0.1) is 0 Å². The van der Waals surface area contributed by atoms with Crippen LogP contribution in [-0.2, 0) is 4.79 Å². The zero-order chi connectivity index (χ0) is 19.6. The Morgan fingerprint density at radius 1 is 0.821 bits per heavy atom. The van der Waals surface area contributed by atoms with Crippen LogP contribution in [0.4, 0.5) is 0 Å². The second-order valence-corrected chi connectivity index (χ2v) is 6.76. The van der Waals surface area contributed by atoms with Gasteiger partial charge in [0.25, 0.3) is 5.91 Å². The van der Waals surface area contributed by atoms with E-state index in [1.807, 2.05) is 91.0 Å². The van der Waals surface area contributed by atoms with Crippen molar-refractivity contribution in [2.45, 2.75) is 32.1 Å². The third kappa shape index (κ3) is 5.17. The SMILES string of the molecule is CCCCC(=NNC(=O)C(c1ccccc1)c1ccccc1)c1ccccc1. The van der Waals surface area contributed by atoms with Crippen LogP contribution in [0.2, 0.25) is 0 Å². The molecule has 0 atom stereocenters. The molecule has 0 fully saturated rings. The highest BCUT2D eigenvalue weighted by atomic mass is 16.2. The van der Waals surface area contributed by atoms with Crippen LogP contribution in [0.1, 0.15) is 48.8 Å². The predicted octanol–water partition coefficient (Wildman–Crippen LogP) is 5.53. The predicted molar refractivity (Wildman–Crippen MR) is 115 cm³/mol. The third-order valence-corrected chi connectivity index (χ3v) is 4.70. The van der Waals surface area contributed by atoms with Gasteiger partial charge in [0.1, 0.15) is 0 Å². The summed E-state index contributed by atoms with van der Waals surface area (Å²) in [5.74, 6) is -0.517. The number of rotatable bonds is 8. The van der Waals surface area contributed by atoms with Crippen LogP contribution < -0.4 is 5.43 Å².